The van der Waals surface area contributed by atoms with Crippen molar-refractivity contribution in [2.75, 3.05) is 0 Å². The highest BCUT2D eigenvalue weighted by Gasteiger charge is 2.42. The number of rotatable bonds is 1. The molecular formula is C19H20O3. The van der Waals surface area contributed by atoms with Crippen LogP contribution < -0.4 is 4.74 Å². The normalized spacial score (nSPS) is 26.1. The van der Waals surface area contributed by atoms with Gasteiger partial charge in [0, 0.05) is 11.5 Å². The average molecular weight is 296 g/mol. The number of ether oxygens (including phenoxy) is 1. The summed E-state index contributed by atoms with van der Waals surface area (Å²) in [5, 5.41) is 19.4. The summed E-state index contributed by atoms with van der Waals surface area (Å²) in [5.41, 5.74) is 3.27. The van der Waals surface area contributed by atoms with Crippen LogP contribution >= 0.6 is 0 Å². The smallest absolute Gasteiger partial charge is 0.127 e. The molecule has 3 nitrogen and oxygen atoms in total. The quantitative estimate of drug-likeness (QED) is 0.818. The molecule has 22 heavy (non-hydrogen) atoms. The third-order valence-electron chi connectivity index (χ3n) is 5.11. The molecule has 0 saturated heterocycles. The molecule has 0 aromatic heterocycles. The highest BCUT2D eigenvalue weighted by molar-refractivity contribution is 5.50. The van der Waals surface area contributed by atoms with Gasteiger partial charge in [0.15, 0.2) is 0 Å². The van der Waals surface area contributed by atoms with Crippen molar-refractivity contribution in [2.24, 2.45) is 5.92 Å². The first-order chi connectivity index (χ1) is 10.6. The van der Waals surface area contributed by atoms with Gasteiger partial charge in [0.05, 0.1) is 0 Å². The first-order valence-corrected chi connectivity index (χ1v) is 7.92. The van der Waals surface area contributed by atoms with Gasteiger partial charge in [-0.05, 0) is 61.1 Å². The zero-order chi connectivity index (χ0) is 15.3. The van der Waals surface area contributed by atoms with Crippen LogP contribution in [-0.2, 0) is 0 Å². The lowest BCUT2D eigenvalue weighted by atomic mass is 9.79. The Morgan fingerprint density at radius 3 is 2.55 bits per heavy atom. The van der Waals surface area contributed by atoms with Gasteiger partial charge >= 0.3 is 0 Å². The largest absolute Gasteiger partial charge is 0.508 e. The Bertz CT molecular complexity index is 705. The third-order valence-corrected chi connectivity index (χ3v) is 5.11. The molecule has 2 aromatic carbocycles. The summed E-state index contributed by atoms with van der Waals surface area (Å²) in [4.78, 5) is 0. The monoisotopic (exact) mass is 296 g/mol. The Morgan fingerprint density at radius 2 is 1.77 bits per heavy atom. The van der Waals surface area contributed by atoms with Gasteiger partial charge in [0.25, 0.3) is 0 Å². The highest BCUT2D eigenvalue weighted by Crippen LogP contribution is 2.55. The molecule has 2 N–H and O–H groups in total. The fourth-order valence-corrected chi connectivity index (χ4v) is 4.15. The van der Waals surface area contributed by atoms with E-state index in [1.165, 1.54) is 6.42 Å². The summed E-state index contributed by atoms with van der Waals surface area (Å²) in [6, 6.07) is 11.0. The number of aromatic hydroxyl groups is 2. The summed E-state index contributed by atoms with van der Waals surface area (Å²) in [7, 11) is 0. The molecule has 3 heteroatoms. The van der Waals surface area contributed by atoms with Crippen LogP contribution in [0.25, 0.3) is 0 Å². The van der Waals surface area contributed by atoms with E-state index < -0.39 is 0 Å². The Morgan fingerprint density at radius 1 is 1.00 bits per heavy atom. The maximum absolute atomic E-state index is 9.92. The molecule has 1 aliphatic carbocycles. The second-order valence-corrected chi connectivity index (χ2v) is 6.51. The molecule has 0 radical (unpaired) electrons. The molecule has 3 unspecified atom stereocenters. The maximum atomic E-state index is 9.92. The molecule has 4 rings (SSSR count). The SMILES string of the molecule is Cc1cc(O)cc2c1OC(c1ccc(O)cc1)C1CCCC21. The van der Waals surface area contributed by atoms with Crippen LogP contribution in [0.4, 0.5) is 0 Å². The Kier molecular flexibility index (Phi) is 3.03. The van der Waals surface area contributed by atoms with Crippen LogP contribution in [-0.4, -0.2) is 10.2 Å². The maximum Gasteiger partial charge on any atom is 0.127 e. The van der Waals surface area contributed by atoms with Crippen LogP contribution in [0, 0.1) is 12.8 Å². The summed E-state index contributed by atoms with van der Waals surface area (Å²) < 4.78 is 6.36. The van der Waals surface area contributed by atoms with E-state index in [4.69, 9.17) is 4.74 Å². The second-order valence-electron chi connectivity index (χ2n) is 6.51. The zero-order valence-corrected chi connectivity index (χ0v) is 12.6. The van der Waals surface area contributed by atoms with Crippen LogP contribution in [0.3, 0.4) is 0 Å². The summed E-state index contributed by atoms with van der Waals surface area (Å²) in [6.45, 7) is 1.99. The number of phenolic OH excluding ortho intramolecular Hbond substituents is 2. The Labute approximate surface area is 130 Å². The lowest BCUT2D eigenvalue weighted by molar-refractivity contribution is 0.103. The average Bonchev–Trinajstić information content (AvgIpc) is 2.97. The van der Waals surface area contributed by atoms with Crippen LogP contribution in [0.2, 0.25) is 0 Å². The topological polar surface area (TPSA) is 49.7 Å². The standard InChI is InChI=1S/C19H20O3/c1-11-9-14(21)10-17-15-3-2-4-16(15)19(22-18(11)17)12-5-7-13(20)8-6-12/h5-10,15-16,19-21H,2-4H2,1H3. The summed E-state index contributed by atoms with van der Waals surface area (Å²) in [6.07, 6.45) is 3.52. The summed E-state index contributed by atoms with van der Waals surface area (Å²) >= 11 is 0. The molecule has 3 atom stereocenters. The molecule has 0 amide bonds. The Hall–Kier alpha value is -2.16. The molecule has 2 aliphatic rings. The van der Waals surface area contributed by atoms with E-state index in [-0.39, 0.29) is 11.9 Å². The lowest BCUT2D eigenvalue weighted by Gasteiger charge is -2.37. The molecule has 1 heterocycles. The van der Waals surface area contributed by atoms with Gasteiger partial charge in [0.2, 0.25) is 0 Å². The predicted octanol–water partition coefficient (Wildman–Crippen LogP) is 4.42. The van der Waals surface area contributed by atoms with Crippen molar-refractivity contribution in [1.82, 2.24) is 0 Å². The number of benzene rings is 2. The summed E-state index contributed by atoms with van der Waals surface area (Å²) in [5.74, 6) is 2.43. The molecular weight excluding hydrogens is 276 g/mol. The van der Waals surface area contributed by atoms with Crippen LogP contribution in [0.1, 0.15) is 48.0 Å². The van der Waals surface area contributed by atoms with E-state index in [1.807, 2.05) is 25.1 Å². The van der Waals surface area contributed by atoms with Crippen molar-refractivity contribution in [3.05, 3.63) is 53.1 Å². The highest BCUT2D eigenvalue weighted by atomic mass is 16.5. The number of fused-ring (bicyclic) bond motifs is 3. The fourth-order valence-electron chi connectivity index (χ4n) is 4.15. The van der Waals surface area contributed by atoms with E-state index in [2.05, 4.69) is 0 Å². The number of phenols is 2. The molecule has 1 fully saturated rings. The van der Waals surface area contributed by atoms with Crippen molar-refractivity contribution in [2.45, 2.75) is 38.2 Å². The number of hydrogen-bond acceptors (Lipinski definition) is 3. The van der Waals surface area contributed by atoms with Gasteiger partial charge in [-0.15, -0.1) is 0 Å². The van der Waals surface area contributed by atoms with Crippen molar-refractivity contribution in [1.29, 1.82) is 0 Å². The lowest BCUT2D eigenvalue weighted by Crippen LogP contribution is -2.27. The minimum absolute atomic E-state index is 0.0313. The van der Waals surface area contributed by atoms with Gasteiger partial charge < -0.3 is 14.9 Å². The number of hydrogen-bond donors (Lipinski definition) is 2. The van der Waals surface area contributed by atoms with E-state index in [9.17, 15) is 10.2 Å². The molecule has 1 aliphatic heterocycles. The second kappa shape index (κ2) is 4.94. The minimum atomic E-state index is 0.0313. The van der Waals surface area contributed by atoms with Crippen molar-refractivity contribution < 1.29 is 14.9 Å². The first-order valence-electron chi connectivity index (χ1n) is 7.92. The van der Waals surface area contributed by atoms with E-state index in [0.717, 1.165) is 35.3 Å². The van der Waals surface area contributed by atoms with Gasteiger partial charge in [-0.1, -0.05) is 18.6 Å². The van der Waals surface area contributed by atoms with Gasteiger partial charge in [0.1, 0.15) is 23.4 Å². The number of aryl methyl sites for hydroxylation is 1. The van der Waals surface area contributed by atoms with Gasteiger partial charge in [-0.3, -0.25) is 0 Å². The first kappa shape index (κ1) is 13.5. The van der Waals surface area contributed by atoms with Crippen molar-refractivity contribution in [3.63, 3.8) is 0 Å². The van der Waals surface area contributed by atoms with E-state index in [1.54, 1.807) is 18.2 Å². The van der Waals surface area contributed by atoms with Crippen molar-refractivity contribution in [3.8, 4) is 17.2 Å². The molecule has 0 bridgehead atoms. The van der Waals surface area contributed by atoms with Crippen molar-refractivity contribution >= 4 is 0 Å². The van der Waals surface area contributed by atoms with Crippen LogP contribution in [0.15, 0.2) is 36.4 Å². The minimum Gasteiger partial charge on any atom is -0.508 e. The van der Waals surface area contributed by atoms with E-state index in [0.29, 0.717) is 17.6 Å². The van der Waals surface area contributed by atoms with Crippen LogP contribution in [0.5, 0.6) is 17.2 Å². The molecule has 2 aromatic rings. The third kappa shape index (κ3) is 2.04. The fraction of sp³-hybridized carbons (Fsp3) is 0.368. The molecule has 114 valence electrons. The van der Waals surface area contributed by atoms with Gasteiger partial charge in [-0.2, -0.15) is 0 Å². The zero-order valence-electron chi connectivity index (χ0n) is 12.6. The predicted molar refractivity (Wildman–Crippen MR) is 84.4 cm³/mol. The molecule has 0 spiro atoms. The Balaban J connectivity index is 1.81. The van der Waals surface area contributed by atoms with E-state index >= 15 is 0 Å². The molecule has 1 saturated carbocycles. The van der Waals surface area contributed by atoms with Gasteiger partial charge in [-0.25, -0.2) is 0 Å².